The lowest BCUT2D eigenvalue weighted by molar-refractivity contribution is -0.275. The smallest absolute Gasteiger partial charge is 0.424 e. The number of alkyl halides is 3. The molecule has 0 spiro atoms. The van der Waals surface area contributed by atoms with Crippen LogP contribution in [-0.2, 0) is 10.0 Å². The molecule has 1 N–H and O–H groups in total. The van der Waals surface area contributed by atoms with Crippen molar-refractivity contribution < 1.29 is 31.1 Å². The Morgan fingerprint density at radius 3 is 2.14 bits per heavy atom. The van der Waals surface area contributed by atoms with Gasteiger partial charge in [0.15, 0.2) is 0 Å². The van der Waals surface area contributed by atoms with E-state index < -0.39 is 27.0 Å². The lowest BCUT2D eigenvalue weighted by Crippen LogP contribution is -2.21. The number of rotatable bonds is 6. The average Bonchev–Trinajstić information content (AvgIpc) is 2.63. The summed E-state index contributed by atoms with van der Waals surface area (Å²) in [5.41, 5.74) is -0.0674. The van der Waals surface area contributed by atoms with Gasteiger partial charge in [-0.3, -0.25) is 4.72 Å². The summed E-state index contributed by atoms with van der Waals surface area (Å²) in [4.78, 5) is 7.04. The van der Waals surface area contributed by atoms with Crippen LogP contribution < -0.4 is 14.2 Å². The normalized spacial score (nSPS) is 11.7. The van der Waals surface area contributed by atoms with Crippen LogP contribution in [-0.4, -0.2) is 24.7 Å². The summed E-state index contributed by atoms with van der Waals surface area (Å²) in [7, 11) is -4.38. The van der Waals surface area contributed by atoms with Gasteiger partial charge < -0.3 is 9.47 Å². The van der Waals surface area contributed by atoms with Gasteiger partial charge in [-0.1, -0.05) is 30.3 Å². The number of hydrogen-bond donors (Lipinski definition) is 1. The van der Waals surface area contributed by atoms with Crippen LogP contribution in [0.3, 0.4) is 0 Å². The van der Waals surface area contributed by atoms with Gasteiger partial charge in [0.1, 0.15) is 16.4 Å². The Balaban J connectivity index is 1.78. The van der Waals surface area contributed by atoms with E-state index in [4.69, 9.17) is 4.74 Å². The molecule has 1 heterocycles. The molecule has 0 saturated carbocycles. The Morgan fingerprint density at radius 1 is 0.893 bits per heavy atom. The third-order valence-corrected chi connectivity index (χ3v) is 4.62. The van der Waals surface area contributed by atoms with Crippen molar-refractivity contribution >= 4 is 15.7 Å². The lowest BCUT2D eigenvalue weighted by Gasteiger charge is -2.14. The lowest BCUT2D eigenvalue weighted by atomic mass is 10.3. The van der Waals surface area contributed by atoms with Gasteiger partial charge in [-0.2, -0.15) is 0 Å². The second kappa shape index (κ2) is 7.72. The van der Waals surface area contributed by atoms with E-state index >= 15 is 0 Å². The molecule has 0 saturated heterocycles. The van der Waals surface area contributed by atoms with Crippen molar-refractivity contribution in [1.29, 1.82) is 0 Å². The molecule has 0 unspecified atom stereocenters. The van der Waals surface area contributed by atoms with E-state index in [1.807, 2.05) is 0 Å². The number of halogens is 3. The second-order valence-electron chi connectivity index (χ2n) is 5.27. The molecule has 2 aromatic carbocycles. The number of ether oxygens (including phenoxy) is 2. The zero-order chi connectivity index (χ0) is 20.2. The van der Waals surface area contributed by atoms with Crippen molar-refractivity contribution in [3.05, 3.63) is 67.0 Å². The fraction of sp³-hybridized carbons (Fsp3) is 0.0588. The molecule has 11 heteroatoms. The SMILES string of the molecule is O=S(=O)(Nc1cnc(Oc2ccccc2)nc1)c1ccccc1OC(F)(F)F. The van der Waals surface area contributed by atoms with Crippen LogP contribution in [0.2, 0.25) is 0 Å². The maximum atomic E-state index is 12.5. The van der Waals surface area contributed by atoms with Crippen molar-refractivity contribution in [2.24, 2.45) is 0 Å². The molecule has 0 bridgehead atoms. The highest BCUT2D eigenvalue weighted by Gasteiger charge is 2.34. The van der Waals surface area contributed by atoms with Gasteiger partial charge in [-0.05, 0) is 24.3 Å². The van der Waals surface area contributed by atoms with Crippen LogP contribution in [0, 0.1) is 0 Å². The van der Waals surface area contributed by atoms with E-state index in [-0.39, 0.29) is 11.7 Å². The maximum Gasteiger partial charge on any atom is 0.573 e. The first kappa shape index (κ1) is 19.4. The van der Waals surface area contributed by atoms with Crippen molar-refractivity contribution in [3.8, 4) is 17.5 Å². The van der Waals surface area contributed by atoms with E-state index in [0.29, 0.717) is 5.75 Å². The Morgan fingerprint density at radius 2 is 1.50 bits per heavy atom. The average molecular weight is 411 g/mol. The zero-order valence-electron chi connectivity index (χ0n) is 13.9. The van der Waals surface area contributed by atoms with Gasteiger partial charge in [-0.25, -0.2) is 18.4 Å². The molecule has 0 aliphatic heterocycles. The summed E-state index contributed by atoms with van der Waals surface area (Å²) < 4.78 is 73.6. The molecule has 0 fully saturated rings. The fourth-order valence-corrected chi connectivity index (χ4v) is 3.26. The van der Waals surface area contributed by atoms with Crippen LogP contribution in [0.25, 0.3) is 0 Å². The number of para-hydroxylation sites is 2. The van der Waals surface area contributed by atoms with Crippen molar-refractivity contribution in [2.45, 2.75) is 11.3 Å². The highest BCUT2D eigenvalue weighted by molar-refractivity contribution is 7.92. The number of nitrogens with zero attached hydrogens (tertiary/aromatic N) is 2. The Kier molecular flexibility index (Phi) is 5.36. The highest BCUT2D eigenvalue weighted by Crippen LogP contribution is 2.30. The molecule has 0 atom stereocenters. The molecule has 0 radical (unpaired) electrons. The second-order valence-corrected chi connectivity index (χ2v) is 6.92. The van der Waals surface area contributed by atoms with Crippen molar-refractivity contribution in [1.82, 2.24) is 9.97 Å². The van der Waals surface area contributed by atoms with Gasteiger partial charge in [0, 0.05) is 0 Å². The van der Waals surface area contributed by atoms with Gasteiger partial charge >= 0.3 is 12.4 Å². The van der Waals surface area contributed by atoms with E-state index in [1.165, 1.54) is 12.1 Å². The molecule has 7 nitrogen and oxygen atoms in total. The molecular formula is C17H12F3N3O4S. The number of anilines is 1. The summed E-state index contributed by atoms with van der Waals surface area (Å²) in [6, 6.07) is 13.0. The minimum Gasteiger partial charge on any atom is -0.424 e. The van der Waals surface area contributed by atoms with Gasteiger partial charge in [0.25, 0.3) is 10.0 Å². The summed E-state index contributed by atoms with van der Waals surface area (Å²) >= 11 is 0. The monoisotopic (exact) mass is 411 g/mol. The maximum absolute atomic E-state index is 12.5. The van der Waals surface area contributed by atoms with Crippen LogP contribution in [0.4, 0.5) is 18.9 Å². The van der Waals surface area contributed by atoms with Crippen molar-refractivity contribution in [3.63, 3.8) is 0 Å². The number of hydrogen-bond acceptors (Lipinski definition) is 6. The Hall–Kier alpha value is -3.34. The topological polar surface area (TPSA) is 90.4 Å². The van der Waals surface area contributed by atoms with Crippen LogP contribution >= 0.6 is 0 Å². The standard InChI is InChI=1S/C17H12F3N3O4S/c18-17(19,20)27-14-8-4-5-9-15(14)28(24,25)23-12-10-21-16(22-11-12)26-13-6-2-1-3-7-13/h1-11,23H. The van der Waals surface area contributed by atoms with E-state index in [0.717, 1.165) is 24.5 Å². The summed E-state index contributed by atoms with van der Waals surface area (Å²) in [6.45, 7) is 0. The zero-order valence-corrected chi connectivity index (χ0v) is 14.7. The van der Waals surface area contributed by atoms with Crippen LogP contribution in [0.5, 0.6) is 17.5 Å². The molecule has 0 amide bonds. The van der Waals surface area contributed by atoms with Crippen LogP contribution in [0.15, 0.2) is 71.9 Å². The van der Waals surface area contributed by atoms with Gasteiger partial charge in [0.2, 0.25) is 0 Å². The summed E-state index contributed by atoms with van der Waals surface area (Å²) in [5.74, 6) is -0.374. The Labute approximate surface area is 157 Å². The first-order chi connectivity index (χ1) is 13.2. The fourth-order valence-electron chi connectivity index (χ4n) is 2.11. The summed E-state index contributed by atoms with van der Waals surface area (Å²) in [6.07, 6.45) is -2.79. The molecule has 0 aliphatic rings. The third kappa shape index (κ3) is 5.10. The third-order valence-electron chi connectivity index (χ3n) is 3.20. The number of sulfonamides is 1. The first-order valence-corrected chi connectivity index (χ1v) is 9.14. The molecule has 1 aromatic heterocycles. The summed E-state index contributed by atoms with van der Waals surface area (Å²) in [5, 5.41) is 0. The molecule has 146 valence electrons. The minimum atomic E-state index is -5.04. The molecule has 3 rings (SSSR count). The molecule has 0 aliphatic carbocycles. The first-order valence-electron chi connectivity index (χ1n) is 7.65. The minimum absolute atomic E-state index is 0.0325. The molecular weight excluding hydrogens is 399 g/mol. The number of aromatic nitrogens is 2. The molecule has 28 heavy (non-hydrogen) atoms. The van der Waals surface area contributed by atoms with Gasteiger partial charge in [0.05, 0.1) is 18.1 Å². The van der Waals surface area contributed by atoms with E-state index in [2.05, 4.69) is 19.4 Å². The predicted molar refractivity (Wildman–Crippen MR) is 92.5 cm³/mol. The molecule has 3 aromatic rings. The van der Waals surface area contributed by atoms with E-state index in [9.17, 15) is 21.6 Å². The largest absolute Gasteiger partial charge is 0.573 e. The van der Waals surface area contributed by atoms with Gasteiger partial charge in [-0.15, -0.1) is 13.2 Å². The highest BCUT2D eigenvalue weighted by atomic mass is 32.2. The predicted octanol–water partition coefficient (Wildman–Crippen LogP) is 3.97. The van der Waals surface area contributed by atoms with E-state index in [1.54, 1.807) is 30.3 Å². The Bertz CT molecular complexity index is 1040. The van der Waals surface area contributed by atoms with Crippen LogP contribution in [0.1, 0.15) is 0 Å². The number of nitrogens with one attached hydrogen (secondary N) is 1. The number of benzene rings is 2. The van der Waals surface area contributed by atoms with Crippen molar-refractivity contribution in [2.75, 3.05) is 4.72 Å². The quantitative estimate of drug-likeness (QED) is 0.660.